The van der Waals surface area contributed by atoms with E-state index in [1.807, 2.05) is 0 Å². The lowest BCUT2D eigenvalue weighted by atomic mass is 10.1. The molecule has 0 atom stereocenters. The van der Waals surface area contributed by atoms with Gasteiger partial charge < -0.3 is 0 Å². The molecule has 0 saturated carbocycles. The van der Waals surface area contributed by atoms with Gasteiger partial charge in [0.1, 0.15) is 0 Å². The minimum Gasteiger partial charge on any atom is -0.0617 e. The molecule has 0 amide bonds. The molecule has 0 unspecified atom stereocenters. The Balaban J connectivity index is 2.72. The zero-order chi connectivity index (χ0) is 11.0. The van der Waals surface area contributed by atoms with Gasteiger partial charge >= 0.3 is 0 Å². The summed E-state index contributed by atoms with van der Waals surface area (Å²) in [5.41, 5.74) is 6.99. The molecular weight excluding hydrogens is 180 g/mol. The summed E-state index contributed by atoms with van der Waals surface area (Å²) < 4.78 is 0. The van der Waals surface area contributed by atoms with Gasteiger partial charge in [-0.2, -0.15) is 0 Å². The van der Waals surface area contributed by atoms with E-state index in [9.17, 15) is 0 Å². The molecule has 0 N–H and O–H groups in total. The maximum atomic E-state index is 2.34. The highest BCUT2D eigenvalue weighted by molar-refractivity contribution is 5.74. The van der Waals surface area contributed by atoms with Gasteiger partial charge in [-0.1, -0.05) is 44.2 Å². The molecule has 0 bridgehead atoms. The Kier molecular flexibility index (Phi) is 2.52. The zero-order valence-corrected chi connectivity index (χ0v) is 9.96. The number of hydrogen-bond acceptors (Lipinski definition) is 0. The molecule has 0 spiro atoms. The summed E-state index contributed by atoms with van der Waals surface area (Å²) in [6.45, 7) is 8.87. The van der Waals surface area contributed by atoms with Crippen LogP contribution in [0.3, 0.4) is 0 Å². The SMILES string of the molecule is Cc1cccc(C)c2cc(C(C)C)cc1-2. The number of fused-ring (bicyclic) bond motifs is 1. The van der Waals surface area contributed by atoms with Crippen molar-refractivity contribution in [3.05, 3.63) is 47.0 Å². The average molecular weight is 198 g/mol. The quantitative estimate of drug-likeness (QED) is 0.631. The van der Waals surface area contributed by atoms with Crippen LogP contribution in [0.25, 0.3) is 11.1 Å². The molecule has 0 aromatic carbocycles. The Labute approximate surface area is 92.3 Å². The summed E-state index contributed by atoms with van der Waals surface area (Å²) in [6.07, 6.45) is 0. The fourth-order valence-electron chi connectivity index (χ4n) is 2.03. The first kappa shape index (κ1) is 10.2. The zero-order valence-electron chi connectivity index (χ0n) is 9.96. The van der Waals surface area contributed by atoms with Gasteiger partial charge in [-0.05, 0) is 47.6 Å². The van der Waals surface area contributed by atoms with Crippen molar-refractivity contribution in [2.24, 2.45) is 0 Å². The highest BCUT2D eigenvalue weighted by atomic mass is 14.2. The molecular formula is C15H18. The molecule has 0 radical (unpaired) electrons. The largest absolute Gasteiger partial charge is 0.0617 e. The van der Waals surface area contributed by atoms with Gasteiger partial charge in [0.2, 0.25) is 0 Å². The highest BCUT2D eigenvalue weighted by Crippen LogP contribution is 2.33. The molecule has 2 aliphatic carbocycles. The van der Waals surface area contributed by atoms with E-state index in [1.165, 1.54) is 27.8 Å². The van der Waals surface area contributed by atoms with Crippen LogP contribution in [-0.2, 0) is 0 Å². The van der Waals surface area contributed by atoms with Crippen molar-refractivity contribution in [1.29, 1.82) is 0 Å². The molecule has 0 saturated heterocycles. The molecule has 0 fully saturated rings. The molecule has 0 nitrogen and oxygen atoms in total. The summed E-state index contributed by atoms with van der Waals surface area (Å²) in [5.74, 6) is 0.613. The van der Waals surface area contributed by atoms with E-state index in [0.717, 1.165) is 0 Å². The lowest BCUT2D eigenvalue weighted by Gasteiger charge is -1.98. The minimum absolute atomic E-state index is 0.613. The molecule has 0 heterocycles. The standard InChI is InChI=1S/C15H18/c1-10(2)13-8-14-11(3)6-5-7-12(4)15(14)9-13/h5-10H,1-4H3. The summed E-state index contributed by atoms with van der Waals surface area (Å²) in [6, 6.07) is 11.2. The first-order valence-electron chi connectivity index (χ1n) is 5.59. The van der Waals surface area contributed by atoms with Gasteiger partial charge in [0.05, 0.1) is 0 Å². The molecule has 15 heavy (non-hydrogen) atoms. The van der Waals surface area contributed by atoms with Crippen LogP contribution in [0.15, 0.2) is 30.3 Å². The van der Waals surface area contributed by atoms with Crippen LogP contribution in [0, 0.1) is 13.8 Å². The predicted molar refractivity (Wildman–Crippen MR) is 66.6 cm³/mol. The third-order valence-electron chi connectivity index (χ3n) is 3.12. The van der Waals surface area contributed by atoms with Crippen LogP contribution in [0.4, 0.5) is 0 Å². The van der Waals surface area contributed by atoms with E-state index in [0.29, 0.717) is 5.92 Å². The average Bonchev–Trinajstić information content (AvgIpc) is 2.57. The van der Waals surface area contributed by atoms with Crippen molar-refractivity contribution in [1.82, 2.24) is 0 Å². The maximum Gasteiger partial charge on any atom is -0.0149 e. The van der Waals surface area contributed by atoms with Crippen molar-refractivity contribution in [2.75, 3.05) is 0 Å². The van der Waals surface area contributed by atoms with E-state index in [4.69, 9.17) is 0 Å². The molecule has 0 heteroatoms. The molecule has 2 aliphatic rings. The van der Waals surface area contributed by atoms with Crippen molar-refractivity contribution in [2.45, 2.75) is 33.6 Å². The topological polar surface area (TPSA) is 0 Å². The Bertz CT molecular complexity index is 415. The smallest absolute Gasteiger partial charge is 0.0149 e. The lowest BCUT2D eigenvalue weighted by Crippen LogP contribution is -1.79. The number of hydrogen-bond donors (Lipinski definition) is 0. The van der Waals surface area contributed by atoms with Crippen LogP contribution in [-0.4, -0.2) is 0 Å². The summed E-state index contributed by atoms with van der Waals surface area (Å²) in [7, 11) is 0. The second kappa shape index (κ2) is 3.69. The third-order valence-corrected chi connectivity index (χ3v) is 3.12. The van der Waals surface area contributed by atoms with Crippen molar-refractivity contribution in [3.63, 3.8) is 0 Å². The lowest BCUT2D eigenvalue weighted by molar-refractivity contribution is 0.872. The van der Waals surface area contributed by atoms with E-state index in [2.05, 4.69) is 58.0 Å². The third kappa shape index (κ3) is 1.77. The second-order valence-corrected chi connectivity index (χ2v) is 4.66. The van der Waals surface area contributed by atoms with Crippen molar-refractivity contribution < 1.29 is 0 Å². The maximum absolute atomic E-state index is 2.34. The minimum atomic E-state index is 0.613. The first-order valence-corrected chi connectivity index (χ1v) is 5.59. The van der Waals surface area contributed by atoms with Crippen molar-refractivity contribution in [3.8, 4) is 11.1 Å². The van der Waals surface area contributed by atoms with Crippen LogP contribution in [0.5, 0.6) is 0 Å². The fourth-order valence-corrected chi connectivity index (χ4v) is 2.03. The molecule has 0 aromatic rings. The van der Waals surface area contributed by atoms with E-state index in [1.54, 1.807) is 0 Å². The Morgan fingerprint density at radius 3 is 1.73 bits per heavy atom. The Hall–Kier alpha value is -1.30. The van der Waals surface area contributed by atoms with Crippen LogP contribution in [0.1, 0.15) is 36.5 Å². The fraction of sp³-hybridized carbons (Fsp3) is 0.333. The molecule has 0 aromatic heterocycles. The molecule has 0 aliphatic heterocycles. The number of aryl methyl sites for hydroxylation is 2. The summed E-state index contributed by atoms with van der Waals surface area (Å²) in [4.78, 5) is 0. The molecule has 2 rings (SSSR count). The molecule has 78 valence electrons. The monoisotopic (exact) mass is 198 g/mol. The van der Waals surface area contributed by atoms with E-state index in [-0.39, 0.29) is 0 Å². The normalized spacial score (nSPS) is 11.3. The van der Waals surface area contributed by atoms with Gasteiger partial charge in [-0.15, -0.1) is 0 Å². The van der Waals surface area contributed by atoms with Gasteiger partial charge in [0, 0.05) is 0 Å². The van der Waals surface area contributed by atoms with Crippen molar-refractivity contribution >= 4 is 0 Å². The van der Waals surface area contributed by atoms with Crippen LogP contribution in [0.2, 0.25) is 0 Å². The van der Waals surface area contributed by atoms with E-state index >= 15 is 0 Å². The predicted octanol–water partition coefficient (Wildman–Crippen LogP) is 4.53. The van der Waals surface area contributed by atoms with Crippen LogP contribution >= 0.6 is 0 Å². The van der Waals surface area contributed by atoms with Gasteiger partial charge in [0.15, 0.2) is 0 Å². The summed E-state index contributed by atoms with van der Waals surface area (Å²) in [5, 5.41) is 0. The van der Waals surface area contributed by atoms with Gasteiger partial charge in [-0.3, -0.25) is 0 Å². The number of rotatable bonds is 1. The highest BCUT2D eigenvalue weighted by Gasteiger charge is 2.11. The van der Waals surface area contributed by atoms with Gasteiger partial charge in [-0.25, -0.2) is 0 Å². The Morgan fingerprint density at radius 2 is 1.33 bits per heavy atom. The van der Waals surface area contributed by atoms with Crippen LogP contribution < -0.4 is 0 Å². The second-order valence-electron chi connectivity index (χ2n) is 4.66. The van der Waals surface area contributed by atoms with Gasteiger partial charge in [0.25, 0.3) is 0 Å². The summed E-state index contributed by atoms with van der Waals surface area (Å²) >= 11 is 0. The first-order chi connectivity index (χ1) is 7.09. The van der Waals surface area contributed by atoms with E-state index < -0.39 is 0 Å². The Morgan fingerprint density at radius 1 is 0.867 bits per heavy atom.